The molecular formula is C8H10N4O. The zero-order valence-corrected chi connectivity index (χ0v) is 7.75. The fourth-order valence-corrected chi connectivity index (χ4v) is 1.27. The summed E-state index contributed by atoms with van der Waals surface area (Å²) < 4.78 is 1.47. The normalized spacial score (nSPS) is 11.0. The van der Waals surface area contributed by atoms with E-state index in [4.69, 9.17) is 0 Å². The molecule has 0 fully saturated rings. The van der Waals surface area contributed by atoms with Crippen LogP contribution >= 0.6 is 0 Å². The van der Waals surface area contributed by atoms with Crippen LogP contribution in [-0.4, -0.2) is 19.6 Å². The molecule has 1 N–H and O–H groups in total. The molecule has 13 heavy (non-hydrogen) atoms. The van der Waals surface area contributed by atoms with Crippen LogP contribution in [0.15, 0.2) is 4.79 Å². The van der Waals surface area contributed by atoms with E-state index in [1.165, 1.54) is 4.40 Å². The Morgan fingerprint density at radius 1 is 1.31 bits per heavy atom. The highest BCUT2D eigenvalue weighted by atomic mass is 16.1. The van der Waals surface area contributed by atoms with Crippen LogP contribution in [0, 0.1) is 20.8 Å². The summed E-state index contributed by atoms with van der Waals surface area (Å²) in [5, 5.41) is 6.61. The lowest BCUT2D eigenvalue weighted by Gasteiger charge is -1.98. The number of nitrogens with one attached hydrogen (secondary N) is 1. The lowest BCUT2D eigenvalue weighted by molar-refractivity contribution is 0.946. The molecule has 0 saturated heterocycles. The van der Waals surface area contributed by atoms with Crippen LogP contribution in [-0.2, 0) is 0 Å². The van der Waals surface area contributed by atoms with Gasteiger partial charge < -0.3 is 0 Å². The summed E-state index contributed by atoms with van der Waals surface area (Å²) in [6.45, 7) is 5.35. The minimum atomic E-state index is -0.0475. The van der Waals surface area contributed by atoms with Gasteiger partial charge in [0.2, 0.25) is 5.78 Å². The van der Waals surface area contributed by atoms with Crippen molar-refractivity contribution in [2.75, 3.05) is 0 Å². The van der Waals surface area contributed by atoms with E-state index in [1.54, 1.807) is 13.8 Å². The van der Waals surface area contributed by atoms with Crippen molar-refractivity contribution in [2.24, 2.45) is 0 Å². The van der Waals surface area contributed by atoms with Crippen LogP contribution in [0.25, 0.3) is 5.78 Å². The summed E-state index contributed by atoms with van der Waals surface area (Å²) >= 11 is 0. The minimum Gasteiger partial charge on any atom is -0.268 e. The molecule has 2 aromatic rings. The van der Waals surface area contributed by atoms with E-state index in [0.29, 0.717) is 17.2 Å². The highest BCUT2D eigenvalue weighted by Gasteiger charge is 2.08. The summed E-state index contributed by atoms with van der Waals surface area (Å²) in [6.07, 6.45) is 0. The van der Waals surface area contributed by atoms with E-state index in [-0.39, 0.29) is 5.56 Å². The quantitative estimate of drug-likeness (QED) is 0.632. The second-order valence-corrected chi connectivity index (χ2v) is 3.06. The van der Waals surface area contributed by atoms with Gasteiger partial charge in [-0.2, -0.15) is 5.10 Å². The Kier molecular flexibility index (Phi) is 1.48. The van der Waals surface area contributed by atoms with E-state index in [2.05, 4.69) is 15.2 Å². The van der Waals surface area contributed by atoms with Gasteiger partial charge in [-0.3, -0.25) is 4.79 Å². The smallest absolute Gasteiger partial charge is 0.263 e. The van der Waals surface area contributed by atoms with Crippen LogP contribution in [0.2, 0.25) is 0 Å². The van der Waals surface area contributed by atoms with Gasteiger partial charge in [-0.25, -0.2) is 14.5 Å². The van der Waals surface area contributed by atoms with Crippen molar-refractivity contribution < 1.29 is 0 Å². The van der Waals surface area contributed by atoms with E-state index < -0.39 is 0 Å². The van der Waals surface area contributed by atoms with Crippen molar-refractivity contribution in [2.45, 2.75) is 20.8 Å². The van der Waals surface area contributed by atoms with E-state index >= 15 is 0 Å². The van der Waals surface area contributed by atoms with Crippen molar-refractivity contribution in [3.05, 3.63) is 27.4 Å². The Hall–Kier alpha value is -1.65. The molecule has 0 atom stereocenters. The second-order valence-electron chi connectivity index (χ2n) is 3.06. The first-order valence-corrected chi connectivity index (χ1v) is 4.02. The molecule has 5 nitrogen and oxygen atoms in total. The molecule has 2 rings (SSSR count). The maximum Gasteiger partial charge on any atom is 0.263 e. The maximum absolute atomic E-state index is 11.7. The number of aryl methyl sites for hydroxylation is 2. The summed E-state index contributed by atoms with van der Waals surface area (Å²) in [6, 6.07) is 0. The summed E-state index contributed by atoms with van der Waals surface area (Å²) in [5.74, 6) is 1.14. The number of hydrogen-bond acceptors (Lipinski definition) is 3. The largest absolute Gasteiger partial charge is 0.268 e. The van der Waals surface area contributed by atoms with Gasteiger partial charge in [0.25, 0.3) is 5.56 Å². The third kappa shape index (κ3) is 0.965. The van der Waals surface area contributed by atoms with E-state index in [1.807, 2.05) is 6.92 Å². The van der Waals surface area contributed by atoms with Crippen LogP contribution in [0.5, 0.6) is 0 Å². The molecule has 0 amide bonds. The van der Waals surface area contributed by atoms with E-state index in [9.17, 15) is 4.79 Å². The van der Waals surface area contributed by atoms with Crippen LogP contribution in [0.3, 0.4) is 0 Å². The Morgan fingerprint density at radius 3 is 2.69 bits per heavy atom. The van der Waals surface area contributed by atoms with Crippen molar-refractivity contribution in [3.8, 4) is 0 Å². The maximum atomic E-state index is 11.7. The SMILES string of the molecule is Cc1nc2[nH]nc(C)n2c(=O)c1C. The number of rotatable bonds is 0. The topological polar surface area (TPSA) is 63.1 Å². The molecule has 0 bridgehead atoms. The summed E-state index contributed by atoms with van der Waals surface area (Å²) in [7, 11) is 0. The van der Waals surface area contributed by atoms with Crippen molar-refractivity contribution in [1.82, 2.24) is 19.6 Å². The fraction of sp³-hybridized carbons (Fsp3) is 0.375. The molecule has 68 valence electrons. The summed E-state index contributed by atoms with van der Waals surface area (Å²) in [5.41, 5.74) is 1.37. The molecule has 0 aromatic carbocycles. The molecule has 0 unspecified atom stereocenters. The van der Waals surface area contributed by atoms with Crippen molar-refractivity contribution in [3.63, 3.8) is 0 Å². The second kappa shape index (κ2) is 2.42. The van der Waals surface area contributed by atoms with Crippen LogP contribution in [0.1, 0.15) is 17.1 Å². The molecular weight excluding hydrogens is 168 g/mol. The number of aromatic nitrogens is 4. The fourth-order valence-electron chi connectivity index (χ4n) is 1.27. The number of hydrogen-bond donors (Lipinski definition) is 1. The molecule has 2 heterocycles. The average molecular weight is 178 g/mol. The molecule has 0 aliphatic heterocycles. The van der Waals surface area contributed by atoms with Gasteiger partial charge in [0.1, 0.15) is 5.82 Å². The zero-order chi connectivity index (χ0) is 9.59. The molecule has 0 aliphatic rings. The Morgan fingerprint density at radius 2 is 2.00 bits per heavy atom. The molecule has 5 heteroatoms. The molecule has 0 aliphatic carbocycles. The van der Waals surface area contributed by atoms with Gasteiger partial charge in [-0.15, -0.1) is 0 Å². The average Bonchev–Trinajstić information content (AvgIpc) is 2.43. The highest BCUT2D eigenvalue weighted by Crippen LogP contribution is 2.00. The molecule has 0 spiro atoms. The first-order chi connectivity index (χ1) is 6.11. The lowest BCUT2D eigenvalue weighted by Crippen LogP contribution is -2.19. The van der Waals surface area contributed by atoms with Gasteiger partial charge >= 0.3 is 0 Å². The van der Waals surface area contributed by atoms with Gasteiger partial charge in [-0.1, -0.05) is 0 Å². The van der Waals surface area contributed by atoms with Gasteiger partial charge in [0.05, 0.1) is 0 Å². The molecule has 0 radical (unpaired) electrons. The zero-order valence-electron chi connectivity index (χ0n) is 7.75. The highest BCUT2D eigenvalue weighted by molar-refractivity contribution is 5.32. The predicted octanol–water partition coefficient (Wildman–Crippen LogP) is 0.343. The monoisotopic (exact) mass is 178 g/mol. The Balaban J connectivity index is 3.06. The number of H-pyrrole nitrogens is 1. The van der Waals surface area contributed by atoms with E-state index in [0.717, 1.165) is 5.69 Å². The first-order valence-electron chi connectivity index (χ1n) is 4.02. The van der Waals surface area contributed by atoms with Crippen LogP contribution in [0.4, 0.5) is 0 Å². The predicted molar refractivity (Wildman–Crippen MR) is 47.8 cm³/mol. The first kappa shape index (κ1) is 7.97. The van der Waals surface area contributed by atoms with Gasteiger partial charge in [0, 0.05) is 11.3 Å². The molecule has 2 aromatic heterocycles. The third-order valence-electron chi connectivity index (χ3n) is 2.19. The number of fused-ring (bicyclic) bond motifs is 1. The third-order valence-corrected chi connectivity index (χ3v) is 2.19. The lowest BCUT2D eigenvalue weighted by atomic mass is 10.3. The molecule has 0 saturated carbocycles. The Bertz CT molecular complexity index is 523. The van der Waals surface area contributed by atoms with Crippen molar-refractivity contribution in [1.29, 1.82) is 0 Å². The Labute approximate surface area is 74.4 Å². The number of nitrogens with zero attached hydrogens (tertiary/aromatic N) is 3. The standard InChI is InChI=1S/C8H10N4O/c1-4-5(2)9-8-11-10-6(3)12(8)7(4)13/h1-3H3,(H,9,11). The van der Waals surface area contributed by atoms with Crippen molar-refractivity contribution >= 4 is 5.78 Å². The van der Waals surface area contributed by atoms with Gasteiger partial charge in [-0.05, 0) is 20.8 Å². The minimum absolute atomic E-state index is 0.0475. The summed E-state index contributed by atoms with van der Waals surface area (Å²) in [4.78, 5) is 15.9. The van der Waals surface area contributed by atoms with Crippen LogP contribution < -0.4 is 5.56 Å². The van der Waals surface area contributed by atoms with Gasteiger partial charge in [0.15, 0.2) is 0 Å². The number of aromatic amines is 1.